The summed E-state index contributed by atoms with van der Waals surface area (Å²) in [6.07, 6.45) is 6.25. The normalized spacial score (nSPS) is 24.0. The number of amides is 1. The molecule has 1 saturated heterocycles. The smallest absolute Gasteiger partial charge is 0.262 e. The van der Waals surface area contributed by atoms with Crippen LogP contribution < -0.4 is 10.9 Å². The van der Waals surface area contributed by atoms with Gasteiger partial charge in [-0.25, -0.2) is 13.4 Å². The summed E-state index contributed by atoms with van der Waals surface area (Å²) in [5.74, 6) is -0.165. The van der Waals surface area contributed by atoms with E-state index in [2.05, 4.69) is 10.3 Å². The first-order chi connectivity index (χ1) is 12.8. The van der Waals surface area contributed by atoms with Crippen LogP contribution >= 0.6 is 11.3 Å². The van der Waals surface area contributed by atoms with Crippen LogP contribution in [0.3, 0.4) is 0 Å². The van der Waals surface area contributed by atoms with E-state index < -0.39 is 15.4 Å². The van der Waals surface area contributed by atoms with Gasteiger partial charge in [-0.1, -0.05) is 0 Å². The number of carbonyl (C=O) groups is 1. The van der Waals surface area contributed by atoms with Gasteiger partial charge in [0, 0.05) is 17.8 Å². The molecular formula is C18H23N3O4S2. The Kier molecular flexibility index (Phi) is 4.62. The fourth-order valence-electron chi connectivity index (χ4n) is 4.07. The first-order valence-corrected chi connectivity index (χ1v) is 11.9. The van der Waals surface area contributed by atoms with Crippen molar-refractivity contribution in [3.8, 4) is 0 Å². The van der Waals surface area contributed by atoms with E-state index in [-0.39, 0.29) is 35.9 Å². The van der Waals surface area contributed by atoms with Crippen LogP contribution in [0.2, 0.25) is 0 Å². The molecule has 3 heterocycles. The van der Waals surface area contributed by atoms with Gasteiger partial charge in [0.05, 0.1) is 28.8 Å². The third-order valence-electron chi connectivity index (χ3n) is 5.47. The van der Waals surface area contributed by atoms with Crippen LogP contribution in [0, 0.1) is 0 Å². The summed E-state index contributed by atoms with van der Waals surface area (Å²) in [6, 6.07) is 0. The maximum Gasteiger partial charge on any atom is 0.262 e. The Morgan fingerprint density at radius 3 is 2.89 bits per heavy atom. The Morgan fingerprint density at radius 1 is 1.37 bits per heavy atom. The SMILES string of the molecule is C[C@]1(NC(=O)CCn2cnc3sc4c(c3c2=O)CCCC4)CCS(=O)(=O)C1. The third kappa shape index (κ3) is 3.67. The van der Waals surface area contributed by atoms with Gasteiger partial charge in [-0.05, 0) is 44.6 Å². The topological polar surface area (TPSA) is 98.1 Å². The molecule has 2 aliphatic rings. The van der Waals surface area contributed by atoms with Gasteiger partial charge in [-0.3, -0.25) is 14.2 Å². The molecule has 1 aliphatic carbocycles. The van der Waals surface area contributed by atoms with E-state index in [4.69, 9.17) is 0 Å². The summed E-state index contributed by atoms with van der Waals surface area (Å²) in [6.45, 7) is 1.99. The summed E-state index contributed by atoms with van der Waals surface area (Å²) >= 11 is 1.61. The highest BCUT2D eigenvalue weighted by atomic mass is 32.2. The van der Waals surface area contributed by atoms with Crippen LogP contribution in [0.1, 0.15) is 43.0 Å². The molecule has 1 amide bonds. The number of nitrogens with zero attached hydrogens (tertiary/aromatic N) is 2. The van der Waals surface area contributed by atoms with E-state index in [9.17, 15) is 18.0 Å². The van der Waals surface area contributed by atoms with Crippen LogP contribution in [-0.4, -0.2) is 40.9 Å². The fourth-order valence-corrected chi connectivity index (χ4v) is 7.38. The number of fused-ring (bicyclic) bond motifs is 3. The molecule has 4 rings (SSSR count). The highest BCUT2D eigenvalue weighted by Crippen LogP contribution is 2.33. The second-order valence-corrected chi connectivity index (χ2v) is 11.1. The van der Waals surface area contributed by atoms with Gasteiger partial charge in [-0.2, -0.15) is 0 Å². The number of thiophene rings is 1. The quantitative estimate of drug-likeness (QED) is 0.824. The first-order valence-electron chi connectivity index (χ1n) is 9.27. The molecule has 0 saturated carbocycles. The van der Waals surface area contributed by atoms with Gasteiger partial charge in [0.1, 0.15) is 4.83 Å². The monoisotopic (exact) mass is 409 g/mol. The second kappa shape index (κ2) is 6.70. The first kappa shape index (κ1) is 18.6. The summed E-state index contributed by atoms with van der Waals surface area (Å²) < 4.78 is 24.8. The van der Waals surface area contributed by atoms with Gasteiger partial charge >= 0.3 is 0 Å². The zero-order valence-electron chi connectivity index (χ0n) is 15.3. The molecule has 27 heavy (non-hydrogen) atoms. The average molecular weight is 410 g/mol. The van der Waals surface area contributed by atoms with Crippen molar-refractivity contribution in [2.24, 2.45) is 0 Å². The zero-order valence-corrected chi connectivity index (χ0v) is 16.9. The van der Waals surface area contributed by atoms with Crippen molar-refractivity contribution < 1.29 is 13.2 Å². The van der Waals surface area contributed by atoms with Gasteiger partial charge in [0.25, 0.3) is 5.56 Å². The minimum absolute atomic E-state index is 0.0275. The lowest BCUT2D eigenvalue weighted by molar-refractivity contribution is -0.122. The predicted molar refractivity (Wildman–Crippen MR) is 105 cm³/mol. The Labute approximate surface area is 161 Å². The number of nitrogens with one attached hydrogen (secondary N) is 1. The van der Waals surface area contributed by atoms with Crippen LogP contribution in [-0.2, 0) is 34.0 Å². The number of sulfone groups is 1. The van der Waals surface area contributed by atoms with Crippen LogP contribution in [0.15, 0.2) is 11.1 Å². The number of aromatic nitrogens is 2. The lowest BCUT2D eigenvalue weighted by atomic mass is 9.97. The highest BCUT2D eigenvalue weighted by Gasteiger charge is 2.39. The van der Waals surface area contributed by atoms with Crippen molar-refractivity contribution in [1.82, 2.24) is 14.9 Å². The van der Waals surface area contributed by atoms with Crippen LogP contribution in [0.25, 0.3) is 10.2 Å². The maximum atomic E-state index is 12.9. The largest absolute Gasteiger partial charge is 0.350 e. The molecule has 0 unspecified atom stereocenters. The molecule has 2 aromatic rings. The van der Waals surface area contributed by atoms with E-state index in [1.165, 1.54) is 15.8 Å². The molecular weight excluding hydrogens is 386 g/mol. The molecule has 0 bridgehead atoms. The van der Waals surface area contributed by atoms with E-state index in [1.807, 2.05) is 0 Å². The molecule has 0 spiro atoms. The fraction of sp³-hybridized carbons (Fsp3) is 0.611. The Balaban J connectivity index is 1.48. The van der Waals surface area contributed by atoms with E-state index in [0.717, 1.165) is 36.1 Å². The molecule has 1 fully saturated rings. The second-order valence-electron chi connectivity index (χ2n) is 7.84. The minimum atomic E-state index is -3.08. The van der Waals surface area contributed by atoms with Gasteiger partial charge < -0.3 is 5.32 Å². The standard InChI is InChI=1S/C18H23N3O4S2/c1-18(7-9-27(24,25)10-18)20-14(22)6-8-21-11-19-16-15(17(21)23)12-4-2-3-5-13(12)26-16/h11H,2-10H2,1H3,(H,20,22)/t18-/m0/s1. The molecule has 0 aromatic carbocycles. The molecule has 146 valence electrons. The molecule has 1 aliphatic heterocycles. The Morgan fingerprint density at radius 2 is 2.15 bits per heavy atom. The molecule has 7 nitrogen and oxygen atoms in total. The highest BCUT2D eigenvalue weighted by molar-refractivity contribution is 7.91. The molecule has 1 N–H and O–H groups in total. The zero-order chi connectivity index (χ0) is 19.2. The van der Waals surface area contributed by atoms with Gasteiger partial charge in [0.15, 0.2) is 9.84 Å². The van der Waals surface area contributed by atoms with Crippen molar-refractivity contribution in [3.05, 3.63) is 27.1 Å². The number of hydrogen-bond acceptors (Lipinski definition) is 6. The van der Waals surface area contributed by atoms with E-state index in [1.54, 1.807) is 18.3 Å². The van der Waals surface area contributed by atoms with E-state index >= 15 is 0 Å². The van der Waals surface area contributed by atoms with Crippen LogP contribution in [0.5, 0.6) is 0 Å². The lowest BCUT2D eigenvalue weighted by Crippen LogP contribution is -2.47. The third-order valence-corrected chi connectivity index (χ3v) is 8.57. The van der Waals surface area contributed by atoms with Crippen molar-refractivity contribution >= 4 is 37.3 Å². The minimum Gasteiger partial charge on any atom is -0.350 e. The Hall–Kier alpha value is -1.74. The summed E-state index contributed by atoms with van der Waals surface area (Å²) in [4.78, 5) is 31.7. The number of carbonyl (C=O) groups excluding carboxylic acids is 1. The average Bonchev–Trinajstić information content (AvgIpc) is 3.11. The molecule has 9 heteroatoms. The number of hydrogen-bond donors (Lipinski definition) is 1. The predicted octanol–water partition coefficient (Wildman–Crippen LogP) is 1.42. The molecule has 2 aromatic heterocycles. The van der Waals surface area contributed by atoms with Crippen molar-refractivity contribution in [2.75, 3.05) is 11.5 Å². The molecule has 0 radical (unpaired) electrons. The number of aryl methyl sites for hydroxylation is 3. The lowest BCUT2D eigenvalue weighted by Gasteiger charge is -2.23. The maximum absolute atomic E-state index is 12.9. The van der Waals surface area contributed by atoms with Crippen molar-refractivity contribution in [3.63, 3.8) is 0 Å². The van der Waals surface area contributed by atoms with E-state index in [0.29, 0.717) is 11.8 Å². The molecule has 1 atom stereocenters. The summed E-state index contributed by atoms with van der Waals surface area (Å²) in [5.41, 5.74) is 0.346. The van der Waals surface area contributed by atoms with Gasteiger partial charge in [0.2, 0.25) is 5.91 Å². The number of rotatable bonds is 4. The van der Waals surface area contributed by atoms with Gasteiger partial charge in [-0.15, -0.1) is 11.3 Å². The summed E-state index contributed by atoms with van der Waals surface area (Å²) in [5, 5.41) is 3.55. The van der Waals surface area contributed by atoms with Crippen molar-refractivity contribution in [2.45, 2.75) is 57.5 Å². The van der Waals surface area contributed by atoms with Crippen molar-refractivity contribution in [1.29, 1.82) is 0 Å². The Bertz CT molecular complexity index is 1070. The summed E-state index contributed by atoms with van der Waals surface area (Å²) in [7, 11) is -3.08. The van der Waals surface area contributed by atoms with Crippen LogP contribution in [0.4, 0.5) is 0 Å².